The Kier molecular flexibility index (Phi) is 6.04. The zero-order chi connectivity index (χ0) is 16.0. The monoisotopic (exact) mass is 297 g/mol. The molecule has 0 saturated heterocycles. The third-order valence-corrected chi connectivity index (χ3v) is 3.22. The van der Waals surface area contributed by atoms with Gasteiger partial charge in [0.05, 0.1) is 17.1 Å². The molecule has 1 aromatic rings. The van der Waals surface area contributed by atoms with E-state index < -0.39 is 10.9 Å². The molecule has 0 bridgehead atoms. The number of hydrogen-bond donors (Lipinski definition) is 1. The zero-order valence-electron chi connectivity index (χ0n) is 12.3. The Bertz CT molecular complexity index is 521. The van der Waals surface area contributed by atoms with Gasteiger partial charge in [-0.1, -0.05) is 6.92 Å². The maximum Gasteiger partial charge on any atom is 0.337 e. The third kappa shape index (κ3) is 4.12. The van der Waals surface area contributed by atoms with Crippen LogP contribution in [0.25, 0.3) is 0 Å². The van der Waals surface area contributed by atoms with Crippen LogP contribution < -0.4 is 4.90 Å². The van der Waals surface area contributed by atoms with Crippen LogP contribution in [0.1, 0.15) is 30.6 Å². The van der Waals surface area contributed by atoms with Crippen molar-refractivity contribution in [3.8, 4) is 0 Å². The van der Waals surface area contributed by atoms with Crippen LogP contribution in [-0.2, 0) is 4.74 Å². The van der Waals surface area contributed by atoms with Crippen molar-refractivity contribution in [1.82, 2.24) is 4.98 Å². The molecule has 1 heterocycles. The molecule has 1 rings (SSSR count). The van der Waals surface area contributed by atoms with Crippen molar-refractivity contribution in [2.45, 2.75) is 26.3 Å². The Labute approximate surface area is 122 Å². The van der Waals surface area contributed by atoms with Crippen molar-refractivity contribution in [2.75, 3.05) is 25.2 Å². The van der Waals surface area contributed by atoms with Crippen molar-refractivity contribution >= 4 is 17.5 Å². The highest BCUT2D eigenvalue weighted by molar-refractivity contribution is 5.88. The first kappa shape index (κ1) is 16.8. The molecular formula is C13H19N3O5. The van der Waals surface area contributed by atoms with Gasteiger partial charge in [-0.3, -0.25) is 10.1 Å². The van der Waals surface area contributed by atoms with Crippen LogP contribution in [0.4, 0.5) is 11.5 Å². The summed E-state index contributed by atoms with van der Waals surface area (Å²) < 4.78 is 5.02. The Morgan fingerprint density at radius 3 is 2.76 bits per heavy atom. The van der Waals surface area contributed by atoms with Gasteiger partial charge in [0.1, 0.15) is 0 Å². The minimum atomic E-state index is -1.25. The van der Waals surface area contributed by atoms with E-state index in [2.05, 4.69) is 4.98 Å². The SMILES string of the molecule is CCC(C)N(CCOC)c1ncc(C(=O)O)cc1[N+](=O)[O-]. The molecule has 1 aromatic heterocycles. The van der Waals surface area contributed by atoms with Crippen LogP contribution >= 0.6 is 0 Å². The van der Waals surface area contributed by atoms with E-state index in [0.29, 0.717) is 13.2 Å². The van der Waals surface area contributed by atoms with E-state index in [1.807, 2.05) is 13.8 Å². The summed E-state index contributed by atoms with van der Waals surface area (Å²) in [5.41, 5.74) is -0.521. The molecule has 0 spiro atoms. The fourth-order valence-corrected chi connectivity index (χ4v) is 1.86. The number of nitrogens with zero attached hydrogens (tertiary/aromatic N) is 3. The Morgan fingerprint density at radius 1 is 1.62 bits per heavy atom. The minimum absolute atomic E-state index is 0.0158. The first-order chi connectivity index (χ1) is 9.92. The lowest BCUT2D eigenvalue weighted by Crippen LogP contribution is -2.36. The number of nitro groups is 1. The number of carbonyl (C=O) groups is 1. The number of aromatic nitrogens is 1. The maximum absolute atomic E-state index is 11.2. The fraction of sp³-hybridized carbons (Fsp3) is 0.538. The lowest BCUT2D eigenvalue weighted by molar-refractivity contribution is -0.384. The van der Waals surface area contributed by atoms with Crippen LogP contribution in [0.3, 0.4) is 0 Å². The van der Waals surface area contributed by atoms with Crippen molar-refractivity contribution < 1.29 is 19.6 Å². The van der Waals surface area contributed by atoms with E-state index in [9.17, 15) is 14.9 Å². The van der Waals surface area contributed by atoms with Gasteiger partial charge in [-0.15, -0.1) is 0 Å². The molecule has 0 saturated carbocycles. The summed E-state index contributed by atoms with van der Waals surface area (Å²) in [5, 5.41) is 20.1. The summed E-state index contributed by atoms with van der Waals surface area (Å²) in [6.07, 6.45) is 1.90. The second-order valence-corrected chi connectivity index (χ2v) is 4.57. The molecule has 8 nitrogen and oxygen atoms in total. The highest BCUT2D eigenvalue weighted by Crippen LogP contribution is 2.28. The second-order valence-electron chi connectivity index (χ2n) is 4.57. The summed E-state index contributed by atoms with van der Waals surface area (Å²) in [7, 11) is 1.55. The van der Waals surface area contributed by atoms with Gasteiger partial charge in [0.25, 0.3) is 0 Å². The number of ether oxygens (including phenoxy) is 1. The molecule has 0 amide bonds. The molecule has 0 aliphatic carbocycles. The summed E-state index contributed by atoms with van der Waals surface area (Å²) in [4.78, 5) is 27.3. The van der Waals surface area contributed by atoms with Crippen LogP contribution in [0.5, 0.6) is 0 Å². The first-order valence-corrected chi connectivity index (χ1v) is 6.55. The van der Waals surface area contributed by atoms with E-state index in [1.165, 1.54) is 0 Å². The van der Waals surface area contributed by atoms with Crippen LogP contribution in [0, 0.1) is 10.1 Å². The van der Waals surface area contributed by atoms with Gasteiger partial charge in [0.2, 0.25) is 5.82 Å². The predicted molar refractivity (Wildman–Crippen MR) is 76.8 cm³/mol. The zero-order valence-corrected chi connectivity index (χ0v) is 12.3. The Balaban J connectivity index is 3.28. The largest absolute Gasteiger partial charge is 0.478 e. The number of aromatic carboxylic acids is 1. The van der Waals surface area contributed by atoms with E-state index in [1.54, 1.807) is 12.0 Å². The van der Waals surface area contributed by atoms with Crippen molar-refractivity contribution in [2.24, 2.45) is 0 Å². The van der Waals surface area contributed by atoms with Crippen molar-refractivity contribution in [3.63, 3.8) is 0 Å². The van der Waals surface area contributed by atoms with Gasteiger partial charge in [0.15, 0.2) is 0 Å². The molecule has 0 aliphatic heterocycles. The number of pyridine rings is 1. The molecule has 1 atom stereocenters. The van der Waals surface area contributed by atoms with Crippen LogP contribution in [0.2, 0.25) is 0 Å². The molecule has 21 heavy (non-hydrogen) atoms. The van der Waals surface area contributed by atoms with Gasteiger partial charge in [-0.25, -0.2) is 9.78 Å². The van der Waals surface area contributed by atoms with Gasteiger partial charge in [-0.05, 0) is 13.3 Å². The molecule has 1 unspecified atom stereocenters. The number of hydrogen-bond acceptors (Lipinski definition) is 6. The smallest absolute Gasteiger partial charge is 0.337 e. The van der Waals surface area contributed by atoms with Crippen LogP contribution in [-0.4, -0.2) is 47.3 Å². The lowest BCUT2D eigenvalue weighted by Gasteiger charge is -2.29. The molecule has 0 aromatic carbocycles. The summed E-state index contributed by atoms with van der Waals surface area (Å²) in [6.45, 7) is 4.71. The molecular weight excluding hydrogens is 278 g/mol. The molecule has 0 fully saturated rings. The average molecular weight is 297 g/mol. The Morgan fingerprint density at radius 2 is 2.29 bits per heavy atom. The quantitative estimate of drug-likeness (QED) is 0.577. The minimum Gasteiger partial charge on any atom is -0.478 e. The molecule has 8 heteroatoms. The van der Waals surface area contributed by atoms with Crippen molar-refractivity contribution in [1.29, 1.82) is 0 Å². The predicted octanol–water partition coefficient (Wildman–Crippen LogP) is 1.94. The van der Waals surface area contributed by atoms with Gasteiger partial charge < -0.3 is 14.7 Å². The topological polar surface area (TPSA) is 106 Å². The van der Waals surface area contributed by atoms with Gasteiger partial charge >= 0.3 is 11.7 Å². The van der Waals surface area contributed by atoms with Crippen molar-refractivity contribution in [3.05, 3.63) is 27.9 Å². The third-order valence-electron chi connectivity index (χ3n) is 3.22. The van der Waals surface area contributed by atoms with Gasteiger partial charge in [-0.2, -0.15) is 0 Å². The normalized spacial score (nSPS) is 12.0. The van der Waals surface area contributed by atoms with E-state index in [-0.39, 0.29) is 23.1 Å². The highest BCUT2D eigenvalue weighted by Gasteiger charge is 2.25. The molecule has 116 valence electrons. The lowest BCUT2D eigenvalue weighted by atomic mass is 10.2. The van der Waals surface area contributed by atoms with Gasteiger partial charge in [0, 0.05) is 32.0 Å². The number of anilines is 1. The maximum atomic E-state index is 11.2. The average Bonchev–Trinajstić information content (AvgIpc) is 2.46. The number of methoxy groups -OCH3 is 1. The second kappa shape index (κ2) is 7.53. The first-order valence-electron chi connectivity index (χ1n) is 6.55. The number of carboxylic acids is 1. The molecule has 0 aliphatic rings. The summed E-state index contributed by atoms with van der Waals surface area (Å²) in [5.74, 6) is -1.08. The molecule has 1 N–H and O–H groups in total. The van der Waals surface area contributed by atoms with Crippen LogP contribution in [0.15, 0.2) is 12.3 Å². The molecule has 0 radical (unpaired) electrons. The highest BCUT2D eigenvalue weighted by atomic mass is 16.6. The Hall–Kier alpha value is -2.22. The fourth-order valence-electron chi connectivity index (χ4n) is 1.86. The van der Waals surface area contributed by atoms with E-state index >= 15 is 0 Å². The summed E-state index contributed by atoms with van der Waals surface area (Å²) >= 11 is 0. The number of carboxylic acid groups (broad SMARTS) is 1. The van der Waals surface area contributed by atoms with E-state index in [0.717, 1.165) is 18.7 Å². The standard InChI is InChI=1S/C13H19N3O5/c1-4-9(2)15(5-6-21-3)12-11(16(19)20)7-10(8-14-12)13(17)18/h7-9H,4-6H2,1-3H3,(H,17,18). The number of rotatable bonds is 8. The summed E-state index contributed by atoms with van der Waals surface area (Å²) in [6, 6.07) is 1.05. The van der Waals surface area contributed by atoms with E-state index in [4.69, 9.17) is 9.84 Å².